The quantitative estimate of drug-likeness (QED) is 0.908. The van der Waals surface area contributed by atoms with Gasteiger partial charge in [-0.2, -0.15) is 0 Å². The molecular formula is C18H19N3O2S. The number of thioether (sulfide) groups is 1. The standard InChI is InChI=1S/C18H19N3O2S/c22-17(20-13-14-4-3-9-19-12-14)7-8-18(23)21-10-11-24-16-6-2-1-5-15(16)21/h1-6,9,12H,7-8,10-11,13H2,(H,20,22). The van der Waals surface area contributed by atoms with Gasteiger partial charge in [0.05, 0.1) is 5.69 Å². The molecule has 1 aliphatic heterocycles. The topological polar surface area (TPSA) is 62.3 Å². The summed E-state index contributed by atoms with van der Waals surface area (Å²) in [6.07, 6.45) is 3.83. The third-order valence-corrected chi connectivity index (χ3v) is 4.85. The number of para-hydroxylation sites is 1. The highest BCUT2D eigenvalue weighted by molar-refractivity contribution is 7.99. The van der Waals surface area contributed by atoms with Crippen LogP contribution in [-0.2, 0) is 16.1 Å². The summed E-state index contributed by atoms with van der Waals surface area (Å²) in [6.45, 7) is 1.13. The zero-order valence-corrected chi connectivity index (χ0v) is 14.1. The van der Waals surface area contributed by atoms with Gasteiger partial charge in [-0.1, -0.05) is 18.2 Å². The van der Waals surface area contributed by atoms with E-state index in [-0.39, 0.29) is 24.7 Å². The maximum absolute atomic E-state index is 12.5. The molecule has 0 bridgehead atoms. The van der Waals surface area contributed by atoms with Crippen LogP contribution in [0.1, 0.15) is 18.4 Å². The van der Waals surface area contributed by atoms with Gasteiger partial charge in [0.25, 0.3) is 0 Å². The summed E-state index contributed by atoms with van der Waals surface area (Å²) in [6, 6.07) is 11.6. The fourth-order valence-corrected chi connectivity index (χ4v) is 3.57. The number of pyridine rings is 1. The zero-order chi connectivity index (χ0) is 16.8. The molecule has 0 aliphatic carbocycles. The number of amides is 2. The average Bonchev–Trinajstić information content (AvgIpc) is 2.64. The Balaban J connectivity index is 1.50. The molecule has 5 nitrogen and oxygen atoms in total. The molecule has 3 rings (SSSR count). The van der Waals surface area contributed by atoms with Crippen LogP contribution in [-0.4, -0.2) is 29.1 Å². The van der Waals surface area contributed by atoms with E-state index in [1.54, 1.807) is 29.1 Å². The Morgan fingerprint density at radius 1 is 1.17 bits per heavy atom. The molecule has 2 aromatic rings. The smallest absolute Gasteiger partial charge is 0.227 e. The van der Waals surface area contributed by atoms with Crippen LogP contribution in [0.25, 0.3) is 0 Å². The Hall–Kier alpha value is -2.34. The molecule has 1 aromatic heterocycles. The fourth-order valence-electron chi connectivity index (χ4n) is 2.58. The van der Waals surface area contributed by atoms with Crippen molar-refractivity contribution in [3.8, 4) is 0 Å². The van der Waals surface area contributed by atoms with Crippen molar-refractivity contribution in [2.45, 2.75) is 24.3 Å². The molecule has 2 amide bonds. The van der Waals surface area contributed by atoms with Gasteiger partial charge in [0, 0.05) is 49.0 Å². The van der Waals surface area contributed by atoms with Gasteiger partial charge in [-0.3, -0.25) is 14.6 Å². The van der Waals surface area contributed by atoms with E-state index in [1.165, 1.54) is 0 Å². The number of hydrogen-bond donors (Lipinski definition) is 1. The summed E-state index contributed by atoms with van der Waals surface area (Å²) in [5.74, 6) is 0.766. The normalized spacial score (nSPS) is 13.2. The number of carbonyl (C=O) groups excluding carboxylic acids is 2. The van der Waals surface area contributed by atoms with Crippen molar-refractivity contribution in [1.82, 2.24) is 10.3 Å². The summed E-state index contributed by atoms with van der Waals surface area (Å²) in [5.41, 5.74) is 1.90. The molecule has 1 aromatic carbocycles. The van der Waals surface area contributed by atoms with E-state index in [0.29, 0.717) is 13.1 Å². The van der Waals surface area contributed by atoms with Gasteiger partial charge in [0.1, 0.15) is 0 Å². The second-order valence-electron chi connectivity index (χ2n) is 5.50. The van der Waals surface area contributed by atoms with Crippen LogP contribution in [0.3, 0.4) is 0 Å². The van der Waals surface area contributed by atoms with Crippen molar-refractivity contribution >= 4 is 29.3 Å². The lowest BCUT2D eigenvalue weighted by Crippen LogP contribution is -2.36. The van der Waals surface area contributed by atoms with Crippen LogP contribution in [0.2, 0.25) is 0 Å². The van der Waals surface area contributed by atoms with E-state index in [1.807, 2.05) is 36.4 Å². The van der Waals surface area contributed by atoms with Crippen molar-refractivity contribution in [3.05, 3.63) is 54.4 Å². The zero-order valence-electron chi connectivity index (χ0n) is 13.3. The lowest BCUT2D eigenvalue weighted by molar-refractivity contribution is -0.125. The van der Waals surface area contributed by atoms with E-state index in [0.717, 1.165) is 21.9 Å². The number of nitrogens with zero attached hydrogens (tertiary/aromatic N) is 2. The second kappa shape index (κ2) is 7.97. The number of benzene rings is 1. The number of hydrogen-bond acceptors (Lipinski definition) is 4. The number of rotatable bonds is 5. The predicted octanol–water partition coefficient (Wildman–Crippen LogP) is 2.62. The number of fused-ring (bicyclic) bond motifs is 1. The highest BCUT2D eigenvalue weighted by Gasteiger charge is 2.22. The van der Waals surface area contributed by atoms with Crippen LogP contribution < -0.4 is 10.2 Å². The van der Waals surface area contributed by atoms with Crippen molar-refractivity contribution in [2.75, 3.05) is 17.2 Å². The van der Waals surface area contributed by atoms with Crippen molar-refractivity contribution < 1.29 is 9.59 Å². The Labute approximate surface area is 145 Å². The molecule has 0 saturated heterocycles. The first kappa shape index (κ1) is 16.5. The molecule has 0 spiro atoms. The Morgan fingerprint density at radius 2 is 2.04 bits per heavy atom. The minimum absolute atomic E-state index is 0.000669. The molecule has 2 heterocycles. The molecule has 6 heteroatoms. The lowest BCUT2D eigenvalue weighted by Gasteiger charge is -2.29. The third-order valence-electron chi connectivity index (χ3n) is 3.81. The number of aromatic nitrogens is 1. The number of nitrogens with one attached hydrogen (secondary N) is 1. The Morgan fingerprint density at radius 3 is 2.88 bits per heavy atom. The molecule has 124 valence electrons. The van der Waals surface area contributed by atoms with Gasteiger partial charge < -0.3 is 10.2 Å². The first-order valence-corrected chi connectivity index (χ1v) is 8.90. The van der Waals surface area contributed by atoms with E-state index < -0.39 is 0 Å². The van der Waals surface area contributed by atoms with Crippen molar-refractivity contribution in [2.24, 2.45) is 0 Å². The summed E-state index contributed by atoms with van der Waals surface area (Å²) in [5, 5.41) is 2.82. The molecule has 0 atom stereocenters. The summed E-state index contributed by atoms with van der Waals surface area (Å²) in [4.78, 5) is 31.3. The molecule has 0 unspecified atom stereocenters. The van der Waals surface area contributed by atoms with E-state index in [2.05, 4.69) is 10.3 Å². The molecule has 0 saturated carbocycles. The van der Waals surface area contributed by atoms with E-state index in [4.69, 9.17) is 0 Å². The van der Waals surface area contributed by atoms with E-state index in [9.17, 15) is 9.59 Å². The van der Waals surface area contributed by atoms with Crippen molar-refractivity contribution in [3.63, 3.8) is 0 Å². The molecular weight excluding hydrogens is 322 g/mol. The lowest BCUT2D eigenvalue weighted by atomic mass is 10.2. The summed E-state index contributed by atoms with van der Waals surface area (Å²) >= 11 is 1.76. The first-order valence-electron chi connectivity index (χ1n) is 7.92. The number of carbonyl (C=O) groups is 2. The predicted molar refractivity (Wildman–Crippen MR) is 94.8 cm³/mol. The van der Waals surface area contributed by atoms with Crippen LogP contribution >= 0.6 is 11.8 Å². The summed E-state index contributed by atoms with van der Waals surface area (Å²) in [7, 11) is 0. The van der Waals surface area contributed by atoms with Gasteiger partial charge in [0.15, 0.2) is 0 Å². The second-order valence-corrected chi connectivity index (χ2v) is 6.64. The highest BCUT2D eigenvalue weighted by atomic mass is 32.2. The van der Waals surface area contributed by atoms with Gasteiger partial charge in [-0.25, -0.2) is 0 Å². The van der Waals surface area contributed by atoms with Crippen LogP contribution in [0.4, 0.5) is 5.69 Å². The summed E-state index contributed by atoms with van der Waals surface area (Å²) < 4.78 is 0. The maximum atomic E-state index is 12.5. The average molecular weight is 341 g/mol. The van der Waals surface area contributed by atoms with Gasteiger partial charge in [-0.15, -0.1) is 11.8 Å². The van der Waals surface area contributed by atoms with E-state index >= 15 is 0 Å². The Bertz CT molecular complexity index is 721. The van der Waals surface area contributed by atoms with Gasteiger partial charge in [0.2, 0.25) is 11.8 Å². The number of anilines is 1. The SMILES string of the molecule is O=C(CCC(=O)N1CCSc2ccccc21)NCc1cccnc1. The molecule has 0 radical (unpaired) electrons. The van der Waals surface area contributed by atoms with Crippen LogP contribution in [0.15, 0.2) is 53.7 Å². The first-order chi connectivity index (χ1) is 11.7. The van der Waals surface area contributed by atoms with Crippen molar-refractivity contribution in [1.29, 1.82) is 0 Å². The fraction of sp³-hybridized carbons (Fsp3) is 0.278. The molecule has 1 N–H and O–H groups in total. The monoisotopic (exact) mass is 341 g/mol. The van der Waals surface area contributed by atoms with Crippen LogP contribution in [0.5, 0.6) is 0 Å². The molecule has 1 aliphatic rings. The third kappa shape index (κ3) is 4.14. The van der Waals surface area contributed by atoms with Gasteiger partial charge >= 0.3 is 0 Å². The maximum Gasteiger partial charge on any atom is 0.227 e. The molecule has 24 heavy (non-hydrogen) atoms. The minimum atomic E-state index is -0.119. The van der Waals surface area contributed by atoms with Gasteiger partial charge in [-0.05, 0) is 23.8 Å². The molecule has 0 fully saturated rings. The minimum Gasteiger partial charge on any atom is -0.352 e. The largest absolute Gasteiger partial charge is 0.352 e. The highest BCUT2D eigenvalue weighted by Crippen LogP contribution is 2.34. The Kier molecular flexibility index (Phi) is 5.48. The van der Waals surface area contributed by atoms with Crippen LogP contribution in [0, 0.1) is 0 Å².